The second-order valence-corrected chi connectivity index (χ2v) is 4.68. The fourth-order valence-electron chi connectivity index (χ4n) is 2.80. The number of nitrogens with zero attached hydrogens (tertiary/aromatic N) is 1. The number of aromatic nitrogens is 1. The highest BCUT2D eigenvalue weighted by Gasteiger charge is 2.17. The van der Waals surface area contributed by atoms with E-state index in [2.05, 4.69) is 71.3 Å². The molecule has 1 aliphatic rings. The first-order valence-corrected chi connectivity index (χ1v) is 6.28. The quantitative estimate of drug-likeness (QED) is 0.594. The number of para-hydroxylation sites is 1. The molecule has 0 unspecified atom stereocenters. The van der Waals surface area contributed by atoms with Gasteiger partial charge in [-0.2, -0.15) is 0 Å². The molecular weight excluding hydrogens is 218 g/mol. The highest BCUT2D eigenvalue weighted by molar-refractivity contribution is 5.91. The lowest BCUT2D eigenvalue weighted by atomic mass is 10.0. The van der Waals surface area contributed by atoms with Crippen LogP contribution < -0.4 is 0 Å². The first-order valence-electron chi connectivity index (χ1n) is 6.28. The Morgan fingerprint density at radius 1 is 0.833 bits per heavy atom. The van der Waals surface area contributed by atoms with Crippen LogP contribution in [-0.4, -0.2) is 4.57 Å². The van der Waals surface area contributed by atoms with E-state index < -0.39 is 0 Å². The maximum Gasteiger partial charge on any atom is 0.0497 e. The molecule has 0 N–H and O–H groups in total. The molecule has 0 fully saturated rings. The van der Waals surface area contributed by atoms with E-state index in [0.717, 1.165) is 6.54 Å². The normalized spacial score (nSPS) is 13.7. The summed E-state index contributed by atoms with van der Waals surface area (Å²) in [5.74, 6) is 0. The van der Waals surface area contributed by atoms with Crippen molar-refractivity contribution in [2.24, 2.45) is 0 Å². The van der Waals surface area contributed by atoms with Gasteiger partial charge in [0.15, 0.2) is 0 Å². The Labute approximate surface area is 106 Å². The van der Waals surface area contributed by atoms with Crippen LogP contribution in [0.1, 0.15) is 11.3 Å². The molecular formula is C17H13N. The van der Waals surface area contributed by atoms with Gasteiger partial charge in [0.2, 0.25) is 0 Å². The van der Waals surface area contributed by atoms with E-state index in [9.17, 15) is 0 Å². The summed E-state index contributed by atoms with van der Waals surface area (Å²) in [7, 11) is 0. The average molecular weight is 231 g/mol. The van der Waals surface area contributed by atoms with Gasteiger partial charge in [-0.1, -0.05) is 54.6 Å². The number of fused-ring (bicyclic) bond motifs is 3. The fourth-order valence-corrected chi connectivity index (χ4v) is 2.80. The van der Waals surface area contributed by atoms with Crippen LogP contribution in [0, 0.1) is 0 Å². The summed E-state index contributed by atoms with van der Waals surface area (Å²) in [4.78, 5) is 0. The smallest absolute Gasteiger partial charge is 0.0497 e. The Kier molecular flexibility index (Phi) is 1.95. The molecule has 0 amide bonds. The molecule has 2 heterocycles. The zero-order valence-electron chi connectivity index (χ0n) is 10.0. The zero-order valence-corrected chi connectivity index (χ0v) is 10.0. The Hall–Kier alpha value is -2.28. The molecule has 1 aromatic heterocycles. The molecule has 18 heavy (non-hydrogen) atoms. The Bertz CT molecular complexity index is 748. The summed E-state index contributed by atoms with van der Waals surface area (Å²) < 4.78 is 2.39. The van der Waals surface area contributed by atoms with Crippen LogP contribution in [0.2, 0.25) is 0 Å². The van der Waals surface area contributed by atoms with Crippen LogP contribution >= 0.6 is 0 Å². The number of hydrogen-bond donors (Lipinski definition) is 0. The van der Waals surface area contributed by atoms with Crippen molar-refractivity contribution < 1.29 is 0 Å². The van der Waals surface area contributed by atoms with Gasteiger partial charge in [-0.15, -0.1) is 0 Å². The molecule has 1 nitrogen and oxygen atoms in total. The van der Waals surface area contributed by atoms with Gasteiger partial charge in [-0.3, -0.25) is 0 Å². The van der Waals surface area contributed by atoms with Crippen LogP contribution in [0.5, 0.6) is 0 Å². The predicted octanol–water partition coefficient (Wildman–Crippen LogP) is 4.09. The van der Waals surface area contributed by atoms with E-state index in [4.69, 9.17) is 0 Å². The largest absolute Gasteiger partial charge is 0.337 e. The molecule has 0 atom stereocenters. The van der Waals surface area contributed by atoms with Crippen molar-refractivity contribution in [3.05, 3.63) is 78.0 Å². The highest BCUT2D eigenvalue weighted by Crippen LogP contribution is 2.33. The van der Waals surface area contributed by atoms with E-state index in [1.807, 2.05) is 0 Å². The molecule has 0 bridgehead atoms. The molecule has 0 saturated carbocycles. The summed E-state index contributed by atoms with van der Waals surface area (Å²) in [5.41, 5.74) is 5.32. The van der Waals surface area contributed by atoms with Gasteiger partial charge in [0.1, 0.15) is 0 Å². The van der Waals surface area contributed by atoms with Crippen molar-refractivity contribution in [3.8, 4) is 0 Å². The number of allylic oxidation sites excluding steroid dienone is 1. The summed E-state index contributed by atoms with van der Waals surface area (Å²) in [5, 5.41) is 1.33. The van der Waals surface area contributed by atoms with Crippen molar-refractivity contribution in [2.45, 2.75) is 6.54 Å². The lowest BCUT2D eigenvalue weighted by Crippen LogP contribution is -1.92. The molecule has 1 aliphatic heterocycles. The van der Waals surface area contributed by atoms with E-state index in [-0.39, 0.29) is 0 Å². The SMILES string of the molecule is C1=C(c2ccccc2)c2cc3ccccc3n2C1. The maximum absolute atomic E-state index is 2.39. The van der Waals surface area contributed by atoms with Gasteiger partial charge in [-0.05, 0) is 17.7 Å². The fraction of sp³-hybridized carbons (Fsp3) is 0.0588. The summed E-state index contributed by atoms with van der Waals surface area (Å²) in [6.07, 6.45) is 2.32. The molecule has 86 valence electrons. The predicted molar refractivity (Wildman–Crippen MR) is 75.5 cm³/mol. The van der Waals surface area contributed by atoms with Crippen molar-refractivity contribution in [2.75, 3.05) is 0 Å². The lowest BCUT2D eigenvalue weighted by Gasteiger charge is -2.03. The first-order chi connectivity index (χ1) is 8.93. The minimum atomic E-state index is 0.979. The van der Waals surface area contributed by atoms with Crippen LogP contribution in [0.4, 0.5) is 0 Å². The first kappa shape index (κ1) is 9.72. The zero-order chi connectivity index (χ0) is 11.9. The summed E-state index contributed by atoms with van der Waals surface area (Å²) in [6.45, 7) is 0.979. The van der Waals surface area contributed by atoms with Crippen molar-refractivity contribution in [1.82, 2.24) is 4.57 Å². The molecule has 0 aliphatic carbocycles. The van der Waals surface area contributed by atoms with Crippen molar-refractivity contribution >= 4 is 16.5 Å². The minimum absolute atomic E-state index is 0.979. The number of benzene rings is 2. The third kappa shape index (κ3) is 1.28. The standard InChI is InChI=1S/C17H13N/c1-2-6-13(7-3-1)15-10-11-18-16-9-5-4-8-14(16)12-17(15)18/h1-10,12H,11H2. The second-order valence-electron chi connectivity index (χ2n) is 4.68. The van der Waals surface area contributed by atoms with Crippen LogP contribution in [0.3, 0.4) is 0 Å². The van der Waals surface area contributed by atoms with E-state index in [1.54, 1.807) is 0 Å². The van der Waals surface area contributed by atoms with E-state index in [1.165, 1.54) is 27.7 Å². The van der Waals surface area contributed by atoms with Gasteiger partial charge in [-0.25, -0.2) is 0 Å². The maximum atomic E-state index is 2.39. The monoisotopic (exact) mass is 231 g/mol. The molecule has 1 heteroatoms. The van der Waals surface area contributed by atoms with Gasteiger partial charge in [0, 0.05) is 28.7 Å². The van der Waals surface area contributed by atoms with Crippen molar-refractivity contribution in [3.63, 3.8) is 0 Å². The van der Waals surface area contributed by atoms with Crippen LogP contribution in [-0.2, 0) is 6.54 Å². The minimum Gasteiger partial charge on any atom is -0.337 e. The summed E-state index contributed by atoms with van der Waals surface area (Å²) >= 11 is 0. The molecule has 0 spiro atoms. The Balaban J connectivity index is 1.94. The van der Waals surface area contributed by atoms with E-state index in [0.29, 0.717) is 0 Å². The molecule has 0 radical (unpaired) electrons. The molecule has 2 aromatic carbocycles. The highest BCUT2D eigenvalue weighted by atomic mass is 15.0. The van der Waals surface area contributed by atoms with Gasteiger partial charge in [0.25, 0.3) is 0 Å². The lowest BCUT2D eigenvalue weighted by molar-refractivity contribution is 0.882. The van der Waals surface area contributed by atoms with Gasteiger partial charge in [0.05, 0.1) is 0 Å². The molecule has 0 saturated heterocycles. The Morgan fingerprint density at radius 2 is 1.61 bits per heavy atom. The summed E-state index contributed by atoms with van der Waals surface area (Å²) in [6, 6.07) is 21.5. The number of hydrogen-bond acceptors (Lipinski definition) is 0. The average Bonchev–Trinajstić information content (AvgIpc) is 2.98. The number of rotatable bonds is 1. The molecule has 3 aromatic rings. The van der Waals surface area contributed by atoms with Gasteiger partial charge < -0.3 is 4.57 Å². The van der Waals surface area contributed by atoms with Crippen molar-refractivity contribution in [1.29, 1.82) is 0 Å². The van der Waals surface area contributed by atoms with Crippen LogP contribution in [0.25, 0.3) is 16.5 Å². The van der Waals surface area contributed by atoms with Gasteiger partial charge >= 0.3 is 0 Å². The topological polar surface area (TPSA) is 4.93 Å². The van der Waals surface area contributed by atoms with Crippen LogP contribution in [0.15, 0.2) is 66.7 Å². The van der Waals surface area contributed by atoms with E-state index >= 15 is 0 Å². The Morgan fingerprint density at radius 3 is 2.50 bits per heavy atom. The second kappa shape index (κ2) is 3.61. The third-order valence-electron chi connectivity index (χ3n) is 3.65. The molecule has 4 rings (SSSR count). The third-order valence-corrected chi connectivity index (χ3v) is 3.65.